The first kappa shape index (κ1) is 26.7. The number of aromatic nitrogens is 3. The van der Waals surface area contributed by atoms with Crippen molar-refractivity contribution in [3.8, 4) is 10.6 Å². The van der Waals surface area contributed by atoms with Crippen LogP contribution >= 0.6 is 20.6 Å². The highest BCUT2D eigenvalue weighted by atomic mass is 32.1. The fourth-order valence-corrected chi connectivity index (χ4v) is 5.05. The number of alkyl halides is 1. The maximum absolute atomic E-state index is 16.0. The van der Waals surface area contributed by atoms with Crippen molar-refractivity contribution in [3.05, 3.63) is 76.7 Å². The van der Waals surface area contributed by atoms with Crippen molar-refractivity contribution in [3.63, 3.8) is 0 Å². The van der Waals surface area contributed by atoms with Crippen LogP contribution in [-0.2, 0) is 5.41 Å². The summed E-state index contributed by atoms with van der Waals surface area (Å²) in [6, 6.07) is 15.1. The molecule has 4 rings (SSSR count). The molecule has 2 unspecified atom stereocenters. The minimum Gasteiger partial charge on any atom is -0.350 e. The molecule has 0 spiro atoms. The lowest BCUT2D eigenvalue weighted by Gasteiger charge is -2.23. The maximum Gasteiger partial charge on any atom is 0.261 e. The second-order valence-electron chi connectivity index (χ2n) is 8.71. The van der Waals surface area contributed by atoms with Gasteiger partial charge in [-0.25, -0.2) is 4.39 Å². The van der Waals surface area contributed by atoms with Gasteiger partial charge < -0.3 is 10.2 Å². The number of likely N-dealkylation sites (N-methyl/N-ethyl adjacent to an activating group) is 1. The van der Waals surface area contributed by atoms with Crippen molar-refractivity contribution in [2.75, 3.05) is 26.7 Å². The number of amides is 1. The monoisotopic (exact) mass is 537 g/mol. The number of fused-ring (bicyclic) bond motifs is 1. The Morgan fingerprint density at radius 2 is 2.03 bits per heavy atom. The average Bonchev–Trinajstić information content (AvgIpc) is 3.39. The second-order valence-corrected chi connectivity index (χ2v) is 10.6. The molecule has 0 aliphatic rings. The highest BCUT2D eigenvalue weighted by molar-refractivity contribution is 7.20. The Morgan fingerprint density at radius 1 is 1.22 bits per heavy atom. The van der Waals surface area contributed by atoms with Crippen LogP contribution in [0.2, 0.25) is 0 Å². The summed E-state index contributed by atoms with van der Waals surface area (Å²) < 4.78 is 17.0. The molecule has 0 aliphatic carbocycles. The molecule has 0 saturated carbocycles. The quantitative estimate of drug-likeness (QED) is 0.169. The zero-order valence-corrected chi connectivity index (χ0v) is 22.6. The Kier molecular flexibility index (Phi) is 8.22. The van der Waals surface area contributed by atoms with Crippen molar-refractivity contribution >= 4 is 43.2 Å². The lowest BCUT2D eigenvalue weighted by Crippen LogP contribution is -2.38. The van der Waals surface area contributed by atoms with Gasteiger partial charge in [0.2, 0.25) is 5.41 Å². The van der Waals surface area contributed by atoms with E-state index in [1.807, 2.05) is 13.1 Å². The van der Waals surface area contributed by atoms with Gasteiger partial charge in [0, 0.05) is 30.2 Å². The third-order valence-corrected chi connectivity index (χ3v) is 7.59. The molecule has 2 atom stereocenters. The number of nitrogens with one attached hydrogen (secondary N) is 3. The smallest absolute Gasteiger partial charge is 0.261 e. The number of benzene rings is 1. The van der Waals surface area contributed by atoms with E-state index >= 15 is 4.39 Å². The Balaban J connectivity index is 1.54. The van der Waals surface area contributed by atoms with Crippen LogP contribution in [0.25, 0.3) is 21.5 Å². The van der Waals surface area contributed by atoms with Crippen molar-refractivity contribution < 1.29 is 9.18 Å². The minimum absolute atomic E-state index is 0.133. The van der Waals surface area contributed by atoms with Gasteiger partial charge in [0.15, 0.2) is 5.84 Å². The van der Waals surface area contributed by atoms with E-state index in [1.165, 1.54) is 17.4 Å². The Labute approximate surface area is 220 Å². The molecule has 3 aromatic heterocycles. The molecule has 1 aromatic carbocycles. The molecule has 37 heavy (non-hydrogen) atoms. The first-order valence-electron chi connectivity index (χ1n) is 11.8. The number of carbonyl (C=O) groups is 1. The summed E-state index contributed by atoms with van der Waals surface area (Å²) >= 11 is 1.26. The van der Waals surface area contributed by atoms with E-state index < -0.39 is 11.2 Å². The van der Waals surface area contributed by atoms with Crippen molar-refractivity contribution in [1.29, 1.82) is 10.8 Å². The van der Waals surface area contributed by atoms with Crippen LogP contribution in [0.15, 0.2) is 60.8 Å². The van der Waals surface area contributed by atoms with Gasteiger partial charge >= 0.3 is 0 Å². The van der Waals surface area contributed by atoms with Gasteiger partial charge in [0.05, 0.1) is 15.3 Å². The summed E-state index contributed by atoms with van der Waals surface area (Å²) in [7, 11) is 4.09. The largest absolute Gasteiger partial charge is 0.350 e. The number of carbonyl (C=O) groups excluding carboxylic acids is 1. The number of pyridine rings is 1. The molecule has 0 saturated heterocycles. The average molecular weight is 538 g/mol. The summed E-state index contributed by atoms with van der Waals surface area (Å²) in [5, 5.41) is 22.6. The van der Waals surface area contributed by atoms with Crippen LogP contribution in [-0.4, -0.2) is 58.1 Å². The second kappa shape index (κ2) is 11.4. The van der Waals surface area contributed by atoms with Gasteiger partial charge in [-0.15, -0.1) is 11.3 Å². The lowest BCUT2D eigenvalue weighted by molar-refractivity contribution is 0.0954. The topological polar surface area (TPSA) is 111 Å². The molecule has 3 N–H and O–H groups in total. The molecule has 192 valence electrons. The zero-order valence-electron chi connectivity index (χ0n) is 20.7. The Hall–Kier alpha value is -3.33. The van der Waals surface area contributed by atoms with Crippen LogP contribution in [0.1, 0.15) is 28.6 Å². The lowest BCUT2D eigenvalue weighted by atomic mass is 10.1. The molecule has 0 aliphatic heterocycles. The molecule has 11 heteroatoms. The Morgan fingerprint density at radius 3 is 2.81 bits per heavy atom. The van der Waals surface area contributed by atoms with E-state index in [4.69, 9.17) is 10.8 Å². The number of rotatable bonds is 9. The van der Waals surface area contributed by atoms with Gasteiger partial charge in [0.25, 0.3) is 5.91 Å². The number of hydrogen-bond donors (Lipinski definition) is 3. The zero-order chi connectivity index (χ0) is 26.6. The molecule has 8 nitrogen and oxygen atoms in total. The summed E-state index contributed by atoms with van der Waals surface area (Å²) in [5.41, 5.74) is 1.27. The number of halogens is 1. The predicted octanol–water partition coefficient (Wildman–Crippen LogP) is 4.23. The van der Waals surface area contributed by atoms with E-state index in [1.54, 1.807) is 48.7 Å². The summed E-state index contributed by atoms with van der Waals surface area (Å²) in [6.45, 7) is 4.40. The van der Waals surface area contributed by atoms with Crippen LogP contribution in [0.3, 0.4) is 0 Å². The first-order chi connectivity index (χ1) is 17.7. The van der Waals surface area contributed by atoms with Gasteiger partial charge in [0.1, 0.15) is 11.2 Å². The predicted molar refractivity (Wildman–Crippen MR) is 149 cm³/mol. The summed E-state index contributed by atoms with van der Waals surface area (Å²) in [4.78, 5) is 20.2. The van der Waals surface area contributed by atoms with Crippen molar-refractivity contribution in [2.45, 2.75) is 18.8 Å². The van der Waals surface area contributed by atoms with E-state index in [9.17, 15) is 4.79 Å². The molecule has 4 aromatic rings. The minimum atomic E-state index is -2.29. The third kappa shape index (κ3) is 5.98. The highest BCUT2D eigenvalue weighted by Crippen LogP contribution is 2.36. The normalized spacial score (nSPS) is 13.0. The van der Waals surface area contributed by atoms with E-state index in [0.29, 0.717) is 22.0 Å². The molecular weight excluding hydrogens is 508 g/mol. The molecule has 0 bridgehead atoms. The van der Waals surface area contributed by atoms with Gasteiger partial charge in [-0.05, 0) is 62.5 Å². The number of nitrogens with zero attached hydrogens (tertiary/aromatic N) is 4. The van der Waals surface area contributed by atoms with Crippen molar-refractivity contribution in [2.24, 2.45) is 0 Å². The SMILES string of the molecule is CCCN(C)CCNC(=O)c1ccc(-c2ccc(=N)n(C(=N)C(F)(P)c3ccc4ncccc4c3)n2)s1. The molecule has 3 heterocycles. The molecular formula is C26H29FN7OPS. The molecule has 0 radical (unpaired) electrons. The van der Waals surface area contributed by atoms with Crippen LogP contribution in [0.5, 0.6) is 0 Å². The fraction of sp³-hybridized carbons (Fsp3) is 0.269. The van der Waals surface area contributed by atoms with Crippen LogP contribution < -0.4 is 10.8 Å². The van der Waals surface area contributed by atoms with Crippen LogP contribution in [0, 0.1) is 10.8 Å². The Bertz CT molecular complexity index is 1500. The fourth-order valence-electron chi connectivity index (χ4n) is 3.86. The van der Waals surface area contributed by atoms with Gasteiger partial charge in [-0.3, -0.25) is 20.6 Å². The number of thiophene rings is 1. The van der Waals surface area contributed by atoms with Crippen molar-refractivity contribution in [1.82, 2.24) is 25.0 Å². The summed E-state index contributed by atoms with van der Waals surface area (Å²) in [5.74, 6) is -0.685. The maximum atomic E-state index is 16.0. The van der Waals surface area contributed by atoms with E-state index in [0.717, 1.165) is 35.1 Å². The van der Waals surface area contributed by atoms with Gasteiger partial charge in [-0.1, -0.05) is 28.3 Å². The van der Waals surface area contributed by atoms with E-state index in [2.05, 4.69) is 36.5 Å². The third-order valence-electron chi connectivity index (χ3n) is 5.88. The molecule has 0 fully saturated rings. The van der Waals surface area contributed by atoms with E-state index in [-0.39, 0.29) is 17.0 Å². The number of hydrogen-bond acceptors (Lipinski definition) is 7. The summed E-state index contributed by atoms with van der Waals surface area (Å²) in [6.07, 6.45) is 2.72. The first-order valence-corrected chi connectivity index (χ1v) is 13.2. The highest BCUT2D eigenvalue weighted by Gasteiger charge is 2.34. The molecule has 1 amide bonds. The standard InChI is InChI=1S/C26H29FN7OPS/c1-3-14-33(2)15-13-31-24(35)22-10-9-21(37-22)20-8-11-23(28)34(32-20)25(29)26(27,36)18-6-7-19-17(16-18)5-4-12-30-19/h4-12,16,28-29H,3,13-15,36H2,1-2H3,(H,31,35). The van der Waals surface area contributed by atoms with Crippen LogP contribution in [0.4, 0.5) is 4.39 Å². The van der Waals surface area contributed by atoms with Gasteiger partial charge in [-0.2, -0.15) is 9.78 Å².